The van der Waals surface area contributed by atoms with Gasteiger partial charge in [0.05, 0.1) is 11.1 Å². The molecule has 2 aromatic rings. The predicted octanol–water partition coefficient (Wildman–Crippen LogP) is 8.35. The molecule has 1 saturated carbocycles. The van der Waals surface area contributed by atoms with Crippen LogP contribution < -0.4 is 0 Å². The Bertz CT molecular complexity index is 1220. The molecule has 0 spiro atoms. The number of likely N-dealkylation sites (tertiary alicyclic amines) is 1. The fourth-order valence-electron chi connectivity index (χ4n) is 6.95. The van der Waals surface area contributed by atoms with Crippen LogP contribution in [0, 0.1) is 23.6 Å². The van der Waals surface area contributed by atoms with Gasteiger partial charge in [0.1, 0.15) is 5.82 Å². The molecule has 39 heavy (non-hydrogen) atoms. The molecule has 0 aromatic heterocycles. The zero-order valence-corrected chi connectivity index (χ0v) is 21.5. The van der Waals surface area contributed by atoms with Crippen molar-refractivity contribution in [3.63, 3.8) is 0 Å². The molecule has 0 N–H and O–H groups in total. The molecule has 1 saturated heterocycles. The third kappa shape index (κ3) is 5.87. The summed E-state index contributed by atoms with van der Waals surface area (Å²) in [5.41, 5.74) is -0.630. The molecule has 5 rings (SSSR count). The third-order valence-corrected chi connectivity index (χ3v) is 8.82. The van der Waals surface area contributed by atoms with Crippen molar-refractivity contribution >= 4 is 5.78 Å². The minimum Gasteiger partial charge on any atom is -0.374 e. The molecule has 0 bridgehead atoms. The van der Waals surface area contributed by atoms with Crippen LogP contribution in [-0.4, -0.2) is 23.8 Å². The predicted molar refractivity (Wildman–Crippen MR) is 132 cm³/mol. The van der Waals surface area contributed by atoms with E-state index in [1.54, 1.807) is 25.1 Å². The van der Waals surface area contributed by atoms with E-state index >= 15 is 0 Å². The highest BCUT2D eigenvalue weighted by atomic mass is 19.4. The van der Waals surface area contributed by atoms with Crippen LogP contribution in [0.25, 0.3) is 0 Å². The Morgan fingerprint density at radius 1 is 0.897 bits per heavy atom. The minimum atomic E-state index is -4.89. The number of nitrogens with zero attached hydrogens (tertiary/aromatic N) is 1. The second-order valence-electron chi connectivity index (χ2n) is 11.3. The van der Waals surface area contributed by atoms with E-state index in [1.807, 2.05) is 0 Å². The Morgan fingerprint density at radius 3 is 2.10 bits per heavy atom. The second-order valence-corrected chi connectivity index (χ2v) is 11.3. The fourth-order valence-corrected chi connectivity index (χ4v) is 6.95. The molecule has 0 amide bonds. The van der Waals surface area contributed by atoms with E-state index < -0.39 is 29.4 Å². The van der Waals surface area contributed by atoms with Gasteiger partial charge in [-0.15, -0.1) is 0 Å². The average Bonchev–Trinajstić information content (AvgIpc) is 3.49. The first kappa shape index (κ1) is 27.7. The quantitative estimate of drug-likeness (QED) is 0.347. The Kier molecular flexibility index (Phi) is 7.31. The molecule has 9 heteroatoms. The summed E-state index contributed by atoms with van der Waals surface area (Å²) >= 11 is 0. The van der Waals surface area contributed by atoms with Crippen LogP contribution in [-0.2, 0) is 17.1 Å². The molecule has 3 aliphatic rings. The highest BCUT2D eigenvalue weighted by Crippen LogP contribution is 2.52. The highest BCUT2D eigenvalue weighted by molar-refractivity contribution is 5.92. The zero-order valence-electron chi connectivity index (χ0n) is 21.5. The number of benzene rings is 2. The van der Waals surface area contributed by atoms with E-state index in [0.29, 0.717) is 25.2 Å². The SMILES string of the molecule is C[C@@H](C[C@H]1CC[C@@H]2CN(C3=CC(=O)CC3)C[C@H]2[C@@H]1c1ccc(F)cc1)c1cc(C(F)(F)F)cc(C(F)(F)F)c1. The highest BCUT2D eigenvalue weighted by Gasteiger charge is 2.46. The molecule has 1 heterocycles. The number of halogens is 7. The molecular weight excluding hydrogens is 523 g/mol. The molecule has 0 unspecified atom stereocenters. The van der Waals surface area contributed by atoms with Gasteiger partial charge in [-0.05, 0) is 96.7 Å². The number of carbonyl (C=O) groups is 1. The number of carbonyl (C=O) groups excluding carboxylic acids is 1. The van der Waals surface area contributed by atoms with E-state index in [2.05, 4.69) is 4.90 Å². The Balaban J connectivity index is 1.45. The summed E-state index contributed by atoms with van der Waals surface area (Å²) in [6.07, 6.45) is -4.82. The molecule has 5 atom stereocenters. The molecule has 2 fully saturated rings. The number of allylic oxidation sites excluding steroid dienone is 2. The van der Waals surface area contributed by atoms with E-state index in [9.17, 15) is 35.5 Å². The number of ketones is 1. The van der Waals surface area contributed by atoms with Crippen LogP contribution in [0.15, 0.2) is 54.2 Å². The van der Waals surface area contributed by atoms with Gasteiger partial charge in [-0.25, -0.2) is 4.39 Å². The van der Waals surface area contributed by atoms with E-state index in [-0.39, 0.29) is 41.0 Å². The summed E-state index contributed by atoms with van der Waals surface area (Å²) in [6, 6.07) is 8.11. The van der Waals surface area contributed by atoms with Crippen molar-refractivity contribution < 1.29 is 35.5 Å². The van der Waals surface area contributed by atoms with Crippen molar-refractivity contribution in [1.82, 2.24) is 4.90 Å². The summed E-state index contributed by atoms with van der Waals surface area (Å²) in [4.78, 5) is 14.1. The first-order valence-electron chi connectivity index (χ1n) is 13.3. The lowest BCUT2D eigenvalue weighted by molar-refractivity contribution is -0.143. The Labute approximate surface area is 222 Å². The van der Waals surface area contributed by atoms with Crippen molar-refractivity contribution in [2.45, 2.75) is 63.2 Å². The minimum absolute atomic E-state index is 0.00488. The molecule has 0 radical (unpaired) electrons. The maximum Gasteiger partial charge on any atom is 0.416 e. The largest absolute Gasteiger partial charge is 0.416 e. The van der Waals surface area contributed by atoms with Crippen LogP contribution in [0.3, 0.4) is 0 Å². The second kappa shape index (κ2) is 10.3. The van der Waals surface area contributed by atoms with Crippen molar-refractivity contribution in [2.24, 2.45) is 17.8 Å². The van der Waals surface area contributed by atoms with Gasteiger partial charge in [0.2, 0.25) is 0 Å². The monoisotopic (exact) mass is 553 g/mol. The molecule has 1 aliphatic heterocycles. The van der Waals surface area contributed by atoms with Crippen LogP contribution in [0.4, 0.5) is 30.7 Å². The van der Waals surface area contributed by atoms with Gasteiger partial charge in [-0.3, -0.25) is 4.79 Å². The summed E-state index contributed by atoms with van der Waals surface area (Å²) in [7, 11) is 0. The van der Waals surface area contributed by atoms with Gasteiger partial charge in [-0.1, -0.05) is 19.1 Å². The van der Waals surface area contributed by atoms with Crippen molar-refractivity contribution in [3.8, 4) is 0 Å². The van der Waals surface area contributed by atoms with Gasteiger partial charge in [0, 0.05) is 31.3 Å². The smallest absolute Gasteiger partial charge is 0.374 e. The molecule has 2 aromatic carbocycles. The van der Waals surface area contributed by atoms with Gasteiger partial charge < -0.3 is 4.90 Å². The van der Waals surface area contributed by atoms with E-state index in [4.69, 9.17) is 0 Å². The van der Waals surface area contributed by atoms with E-state index in [1.165, 1.54) is 12.1 Å². The lowest BCUT2D eigenvalue weighted by Gasteiger charge is -2.41. The third-order valence-electron chi connectivity index (χ3n) is 8.82. The first-order chi connectivity index (χ1) is 18.3. The van der Waals surface area contributed by atoms with Crippen LogP contribution in [0.5, 0.6) is 0 Å². The average molecular weight is 554 g/mol. The van der Waals surface area contributed by atoms with Crippen molar-refractivity contribution in [3.05, 3.63) is 82.3 Å². The zero-order chi connectivity index (χ0) is 28.1. The van der Waals surface area contributed by atoms with Gasteiger partial charge in [0.15, 0.2) is 5.78 Å². The molecule has 2 aliphatic carbocycles. The molecular formula is C30H30F7NO. The Hall–Kier alpha value is -2.84. The van der Waals surface area contributed by atoms with Gasteiger partial charge in [0.25, 0.3) is 0 Å². The number of alkyl halides is 6. The normalized spacial score (nSPS) is 26.5. The summed E-state index contributed by atoms with van der Waals surface area (Å²) < 4.78 is 94.7. The number of fused-ring (bicyclic) bond motifs is 1. The van der Waals surface area contributed by atoms with Crippen LogP contribution >= 0.6 is 0 Å². The topological polar surface area (TPSA) is 20.3 Å². The standard InChI is InChI=1S/C30H30F7NO/c1-17(21-11-22(29(32,33)34)13-23(12-21)30(35,36)37)10-19-2-3-20-15-38(25-8-9-26(39)14-25)16-27(20)28(19)18-4-6-24(31)7-5-18/h4-7,11-14,17,19-20,27-28H,2-3,8-10,15-16H2,1H3/t17-,19+,20+,27+,28+/m0/s1. The fraction of sp³-hybridized carbons (Fsp3) is 0.500. The maximum absolute atomic E-state index is 13.8. The Morgan fingerprint density at radius 2 is 1.54 bits per heavy atom. The summed E-state index contributed by atoms with van der Waals surface area (Å²) in [5.74, 6) is -0.315. The van der Waals surface area contributed by atoms with Crippen LogP contribution in [0.1, 0.15) is 73.1 Å². The van der Waals surface area contributed by atoms with Crippen molar-refractivity contribution in [2.75, 3.05) is 13.1 Å². The lowest BCUT2D eigenvalue weighted by Crippen LogP contribution is -2.33. The summed E-state index contributed by atoms with van der Waals surface area (Å²) in [6.45, 7) is 3.21. The van der Waals surface area contributed by atoms with Crippen molar-refractivity contribution in [1.29, 1.82) is 0 Å². The van der Waals surface area contributed by atoms with Gasteiger partial charge in [-0.2, -0.15) is 26.3 Å². The maximum atomic E-state index is 13.8. The number of hydrogen-bond acceptors (Lipinski definition) is 2. The first-order valence-corrected chi connectivity index (χ1v) is 13.3. The molecule has 2 nitrogen and oxygen atoms in total. The van der Waals surface area contributed by atoms with Crippen LogP contribution in [0.2, 0.25) is 0 Å². The molecule has 210 valence electrons. The number of hydrogen-bond donors (Lipinski definition) is 0. The summed E-state index contributed by atoms with van der Waals surface area (Å²) in [5, 5.41) is 0. The van der Waals surface area contributed by atoms with Gasteiger partial charge >= 0.3 is 12.4 Å². The number of rotatable bonds is 5. The van der Waals surface area contributed by atoms with E-state index in [0.717, 1.165) is 49.3 Å². The lowest BCUT2D eigenvalue weighted by atomic mass is 9.63.